The Hall–Kier alpha value is -3.50. The molecule has 1 N–H and O–H groups in total. The number of thiophene rings is 1. The van der Waals surface area contributed by atoms with Crippen LogP contribution in [-0.4, -0.2) is 28.5 Å². The molecule has 2 heterocycles. The summed E-state index contributed by atoms with van der Waals surface area (Å²) in [7, 11) is 1.21. The van der Waals surface area contributed by atoms with Gasteiger partial charge in [-0.25, -0.2) is 4.79 Å². The van der Waals surface area contributed by atoms with Crippen molar-refractivity contribution in [2.75, 3.05) is 12.4 Å². The number of anilines is 1. The summed E-state index contributed by atoms with van der Waals surface area (Å²) in [5, 5.41) is 15.7. The van der Waals surface area contributed by atoms with Crippen molar-refractivity contribution < 1.29 is 19.2 Å². The van der Waals surface area contributed by atoms with Crippen LogP contribution in [0.15, 0.2) is 52.8 Å². The topological polar surface area (TPSA) is 121 Å². The number of hydrogen-bond acceptors (Lipinski definition) is 7. The van der Waals surface area contributed by atoms with Crippen LogP contribution in [0.1, 0.15) is 10.4 Å². The van der Waals surface area contributed by atoms with Crippen LogP contribution in [0.4, 0.5) is 10.7 Å². The number of nitro groups is 1. The first kappa shape index (κ1) is 21.2. The maximum absolute atomic E-state index is 12.5. The van der Waals surface area contributed by atoms with Crippen molar-refractivity contribution >= 4 is 45.5 Å². The molecule has 9 nitrogen and oxygen atoms in total. The Morgan fingerprint density at radius 1 is 1.23 bits per heavy atom. The molecular formula is C19H14ClN3O6S. The van der Waals surface area contributed by atoms with Crippen LogP contribution in [0.25, 0.3) is 11.1 Å². The highest BCUT2D eigenvalue weighted by atomic mass is 35.5. The fraction of sp³-hybridized carbons (Fsp3) is 0.105. The van der Waals surface area contributed by atoms with Crippen LogP contribution in [-0.2, 0) is 16.1 Å². The quantitative estimate of drug-likeness (QED) is 0.350. The summed E-state index contributed by atoms with van der Waals surface area (Å²) in [6.45, 7) is -0.472. The van der Waals surface area contributed by atoms with Crippen molar-refractivity contribution in [3.63, 3.8) is 0 Å². The van der Waals surface area contributed by atoms with Gasteiger partial charge in [0.15, 0.2) is 0 Å². The SMILES string of the molecule is COC(=O)c1c(-c2ccccc2Cl)csc1NC(=O)Cn1cc([N+](=O)[O-])ccc1=O. The fourth-order valence-electron chi connectivity index (χ4n) is 2.70. The lowest BCUT2D eigenvalue weighted by Gasteiger charge is -2.09. The number of carbonyl (C=O) groups is 2. The maximum Gasteiger partial charge on any atom is 0.341 e. The summed E-state index contributed by atoms with van der Waals surface area (Å²) < 4.78 is 5.75. The molecule has 1 amide bonds. The molecule has 0 fully saturated rings. The third kappa shape index (κ3) is 4.39. The van der Waals surface area contributed by atoms with Crippen LogP contribution in [0.5, 0.6) is 0 Å². The zero-order valence-corrected chi connectivity index (χ0v) is 17.0. The highest BCUT2D eigenvalue weighted by molar-refractivity contribution is 7.15. The van der Waals surface area contributed by atoms with Crippen molar-refractivity contribution in [1.82, 2.24) is 4.57 Å². The second kappa shape index (κ2) is 8.89. The second-order valence-electron chi connectivity index (χ2n) is 5.98. The number of methoxy groups -OCH3 is 1. The summed E-state index contributed by atoms with van der Waals surface area (Å²) in [6.07, 6.45) is 0.979. The van der Waals surface area contributed by atoms with Gasteiger partial charge in [-0.05, 0) is 6.07 Å². The number of aromatic nitrogens is 1. The van der Waals surface area contributed by atoms with Crippen molar-refractivity contribution in [3.8, 4) is 11.1 Å². The minimum absolute atomic E-state index is 0.121. The molecule has 0 bridgehead atoms. The van der Waals surface area contributed by atoms with Gasteiger partial charge < -0.3 is 10.1 Å². The first-order chi connectivity index (χ1) is 14.3. The van der Waals surface area contributed by atoms with Crippen LogP contribution in [0.3, 0.4) is 0 Å². The standard InChI is InChI=1S/C19H14ClN3O6S/c1-29-19(26)17-13(12-4-2-3-5-14(12)20)10-30-18(17)21-15(24)9-22-8-11(23(27)28)6-7-16(22)25/h2-8,10H,9H2,1H3,(H,21,24). The average molecular weight is 448 g/mol. The van der Waals surface area contributed by atoms with Crippen molar-refractivity contribution in [1.29, 1.82) is 0 Å². The Morgan fingerprint density at radius 2 is 1.97 bits per heavy atom. The molecule has 0 saturated carbocycles. The third-order valence-electron chi connectivity index (χ3n) is 4.09. The van der Waals surface area contributed by atoms with E-state index in [9.17, 15) is 24.5 Å². The number of esters is 1. The molecule has 0 radical (unpaired) electrons. The van der Waals surface area contributed by atoms with E-state index < -0.39 is 28.9 Å². The summed E-state index contributed by atoms with van der Waals surface area (Å²) in [5.41, 5.74) is 0.295. The second-order valence-corrected chi connectivity index (χ2v) is 7.27. The Labute approximate surface area is 178 Å². The first-order valence-electron chi connectivity index (χ1n) is 8.41. The molecular weight excluding hydrogens is 434 g/mol. The number of benzene rings is 1. The van der Waals surface area contributed by atoms with Gasteiger partial charge in [-0.15, -0.1) is 11.3 Å². The van der Waals surface area contributed by atoms with E-state index in [2.05, 4.69) is 5.32 Å². The number of amides is 1. The molecule has 0 aliphatic heterocycles. The zero-order valence-electron chi connectivity index (χ0n) is 15.5. The normalized spacial score (nSPS) is 10.5. The van der Waals surface area contributed by atoms with E-state index in [1.54, 1.807) is 29.6 Å². The Kier molecular flexibility index (Phi) is 6.28. The Morgan fingerprint density at radius 3 is 2.63 bits per heavy atom. The predicted octanol–water partition coefficient (Wildman–Crippen LogP) is 3.56. The van der Waals surface area contributed by atoms with Gasteiger partial charge in [0.2, 0.25) is 5.91 Å². The molecule has 30 heavy (non-hydrogen) atoms. The molecule has 0 atom stereocenters. The summed E-state index contributed by atoms with van der Waals surface area (Å²) in [5.74, 6) is -1.32. The number of nitrogens with zero attached hydrogens (tertiary/aromatic N) is 2. The van der Waals surface area contributed by atoms with Gasteiger partial charge in [0, 0.05) is 33.7 Å². The number of nitrogens with one attached hydrogen (secondary N) is 1. The monoisotopic (exact) mass is 447 g/mol. The van der Waals surface area contributed by atoms with Crippen molar-refractivity contribution in [3.05, 3.63) is 79.0 Å². The van der Waals surface area contributed by atoms with Crippen LogP contribution in [0.2, 0.25) is 5.02 Å². The van der Waals surface area contributed by atoms with E-state index in [4.69, 9.17) is 16.3 Å². The molecule has 0 spiro atoms. The molecule has 0 unspecified atom stereocenters. The van der Waals surface area contributed by atoms with Crippen LogP contribution in [0, 0.1) is 10.1 Å². The van der Waals surface area contributed by atoms with Gasteiger partial charge in [-0.2, -0.15) is 0 Å². The molecule has 0 saturated heterocycles. The van der Waals surface area contributed by atoms with Crippen LogP contribution < -0.4 is 10.9 Å². The molecule has 154 valence electrons. The Balaban J connectivity index is 1.92. The molecule has 3 rings (SSSR count). The number of rotatable bonds is 6. The average Bonchev–Trinajstić information content (AvgIpc) is 3.12. The number of pyridine rings is 1. The minimum Gasteiger partial charge on any atom is -0.465 e. The van der Waals surface area contributed by atoms with E-state index in [0.29, 0.717) is 16.1 Å². The van der Waals surface area contributed by atoms with E-state index in [1.807, 2.05) is 0 Å². The van der Waals surface area contributed by atoms with Gasteiger partial charge in [-0.3, -0.25) is 24.3 Å². The largest absolute Gasteiger partial charge is 0.465 e. The van der Waals surface area contributed by atoms with E-state index in [0.717, 1.165) is 34.2 Å². The number of halogens is 1. The molecule has 2 aromatic heterocycles. The van der Waals surface area contributed by atoms with E-state index in [-0.39, 0.29) is 16.3 Å². The minimum atomic E-state index is -0.672. The molecule has 1 aromatic carbocycles. The van der Waals surface area contributed by atoms with Crippen LogP contribution >= 0.6 is 22.9 Å². The maximum atomic E-state index is 12.5. The van der Waals surface area contributed by atoms with Gasteiger partial charge in [-0.1, -0.05) is 29.8 Å². The number of carbonyl (C=O) groups excluding carboxylic acids is 2. The highest BCUT2D eigenvalue weighted by Crippen LogP contribution is 2.39. The lowest BCUT2D eigenvalue weighted by molar-refractivity contribution is -0.385. The van der Waals surface area contributed by atoms with Gasteiger partial charge in [0.05, 0.1) is 18.2 Å². The molecule has 3 aromatic rings. The lowest BCUT2D eigenvalue weighted by atomic mass is 10.0. The molecule has 0 aliphatic rings. The van der Waals surface area contributed by atoms with Gasteiger partial charge in [0.1, 0.15) is 17.1 Å². The number of hydrogen-bond donors (Lipinski definition) is 1. The van der Waals surface area contributed by atoms with E-state index in [1.165, 1.54) is 7.11 Å². The zero-order chi connectivity index (χ0) is 21.8. The highest BCUT2D eigenvalue weighted by Gasteiger charge is 2.23. The Bertz CT molecular complexity index is 1200. The first-order valence-corrected chi connectivity index (χ1v) is 9.67. The van der Waals surface area contributed by atoms with E-state index >= 15 is 0 Å². The predicted molar refractivity (Wildman–Crippen MR) is 112 cm³/mol. The molecule has 11 heteroatoms. The van der Waals surface area contributed by atoms with Crippen molar-refractivity contribution in [2.24, 2.45) is 0 Å². The van der Waals surface area contributed by atoms with Gasteiger partial charge >= 0.3 is 5.97 Å². The smallest absolute Gasteiger partial charge is 0.341 e. The van der Waals surface area contributed by atoms with Crippen molar-refractivity contribution in [2.45, 2.75) is 6.54 Å². The lowest BCUT2D eigenvalue weighted by Crippen LogP contribution is -2.27. The summed E-state index contributed by atoms with van der Waals surface area (Å²) in [6, 6.07) is 8.96. The summed E-state index contributed by atoms with van der Waals surface area (Å²) >= 11 is 7.32. The fourth-order valence-corrected chi connectivity index (χ4v) is 3.91. The van der Waals surface area contributed by atoms with Gasteiger partial charge in [0.25, 0.3) is 11.2 Å². The third-order valence-corrected chi connectivity index (χ3v) is 5.32. The number of ether oxygens (including phenoxy) is 1. The summed E-state index contributed by atoms with van der Waals surface area (Å²) in [4.78, 5) is 47.0. The molecule has 0 aliphatic carbocycles.